The maximum absolute atomic E-state index is 11.9. The highest BCUT2D eigenvalue weighted by Gasteiger charge is 2.14. The molecule has 0 aliphatic carbocycles. The molecule has 1 fully saturated rings. The summed E-state index contributed by atoms with van der Waals surface area (Å²) in [5.41, 5.74) is 0.895. The van der Waals surface area contributed by atoms with Gasteiger partial charge in [0.2, 0.25) is 5.91 Å². The normalized spacial score (nSPS) is 18.1. The number of piperidine rings is 1. The van der Waals surface area contributed by atoms with E-state index in [1.807, 2.05) is 13.8 Å². The number of thiazole rings is 1. The summed E-state index contributed by atoms with van der Waals surface area (Å²) in [4.78, 5) is 24.5. The first kappa shape index (κ1) is 18.2. The predicted octanol–water partition coefficient (Wildman–Crippen LogP) is 1.45. The summed E-state index contributed by atoms with van der Waals surface area (Å²) < 4.78 is 1.55. The molecule has 0 saturated carbocycles. The Kier molecular flexibility index (Phi) is 7.42. The quantitative estimate of drug-likeness (QED) is 0.857. The lowest BCUT2D eigenvalue weighted by molar-refractivity contribution is -0.121. The molecule has 1 atom stereocenters. The topological polar surface area (TPSA) is 63.1 Å². The number of carbonyl (C=O) groups is 1. The van der Waals surface area contributed by atoms with Crippen molar-refractivity contribution < 1.29 is 4.79 Å². The Hall–Kier alpha value is -0.850. The minimum atomic E-state index is -0.0724. The monoisotopic (exact) mass is 333 g/mol. The van der Waals surface area contributed by atoms with E-state index in [0.717, 1.165) is 30.1 Å². The van der Waals surface area contributed by atoms with E-state index >= 15 is 0 Å². The molecule has 7 heteroatoms. The van der Waals surface area contributed by atoms with E-state index in [4.69, 9.17) is 0 Å². The molecule has 1 aliphatic heterocycles. The van der Waals surface area contributed by atoms with Crippen molar-refractivity contribution in [3.8, 4) is 0 Å². The number of rotatable bonds is 5. The first-order valence-corrected chi connectivity index (χ1v) is 8.04. The lowest BCUT2D eigenvalue weighted by Crippen LogP contribution is -2.35. The van der Waals surface area contributed by atoms with Gasteiger partial charge in [-0.05, 0) is 52.1 Å². The molecule has 2 rings (SSSR count). The van der Waals surface area contributed by atoms with Crippen molar-refractivity contribution in [3.63, 3.8) is 0 Å². The molecule has 1 aliphatic rings. The Morgan fingerprint density at radius 1 is 1.48 bits per heavy atom. The Labute approximate surface area is 135 Å². The summed E-state index contributed by atoms with van der Waals surface area (Å²) in [6, 6.07) is 0. The van der Waals surface area contributed by atoms with E-state index in [2.05, 4.69) is 10.6 Å². The van der Waals surface area contributed by atoms with Crippen LogP contribution in [0.2, 0.25) is 0 Å². The number of nitrogens with one attached hydrogen (secondary N) is 2. The minimum Gasteiger partial charge on any atom is -0.355 e. The summed E-state index contributed by atoms with van der Waals surface area (Å²) in [6.45, 7) is 6.79. The van der Waals surface area contributed by atoms with E-state index in [0.29, 0.717) is 12.5 Å². The molecular formula is C14H24ClN3O2S. The van der Waals surface area contributed by atoms with Crippen LogP contribution in [0.25, 0.3) is 0 Å². The van der Waals surface area contributed by atoms with Gasteiger partial charge in [-0.15, -0.1) is 12.4 Å². The van der Waals surface area contributed by atoms with Crippen LogP contribution in [0, 0.1) is 19.8 Å². The fourth-order valence-electron chi connectivity index (χ4n) is 2.56. The average Bonchev–Trinajstić information content (AvgIpc) is 2.67. The molecule has 2 heterocycles. The maximum atomic E-state index is 11.9. The van der Waals surface area contributed by atoms with Gasteiger partial charge < -0.3 is 10.6 Å². The van der Waals surface area contributed by atoms with Gasteiger partial charge >= 0.3 is 4.87 Å². The summed E-state index contributed by atoms with van der Waals surface area (Å²) in [5, 5.41) is 6.29. The van der Waals surface area contributed by atoms with Gasteiger partial charge in [-0.1, -0.05) is 11.3 Å². The second-order valence-corrected chi connectivity index (χ2v) is 6.61. The van der Waals surface area contributed by atoms with E-state index in [1.54, 1.807) is 4.57 Å². The van der Waals surface area contributed by atoms with Crippen molar-refractivity contribution in [1.29, 1.82) is 0 Å². The van der Waals surface area contributed by atoms with Crippen molar-refractivity contribution in [3.05, 3.63) is 20.2 Å². The van der Waals surface area contributed by atoms with Crippen molar-refractivity contribution in [2.24, 2.45) is 5.92 Å². The largest absolute Gasteiger partial charge is 0.355 e. The van der Waals surface area contributed by atoms with Crippen LogP contribution in [0.1, 0.15) is 29.8 Å². The van der Waals surface area contributed by atoms with Gasteiger partial charge in [-0.2, -0.15) is 0 Å². The minimum absolute atomic E-state index is 0. The van der Waals surface area contributed by atoms with E-state index in [-0.39, 0.29) is 29.7 Å². The molecule has 21 heavy (non-hydrogen) atoms. The molecule has 0 aromatic carbocycles. The van der Waals surface area contributed by atoms with Crippen molar-refractivity contribution in [2.45, 2.75) is 39.7 Å². The molecule has 1 amide bonds. The summed E-state index contributed by atoms with van der Waals surface area (Å²) in [5.74, 6) is 0.591. The number of carbonyl (C=O) groups excluding carboxylic acids is 1. The highest BCUT2D eigenvalue weighted by Crippen LogP contribution is 2.13. The van der Waals surface area contributed by atoms with Crippen LogP contribution in [0.4, 0.5) is 0 Å². The van der Waals surface area contributed by atoms with Gasteiger partial charge in [0.15, 0.2) is 0 Å². The Balaban J connectivity index is 0.00000220. The van der Waals surface area contributed by atoms with Crippen LogP contribution in [0.5, 0.6) is 0 Å². The van der Waals surface area contributed by atoms with Gasteiger partial charge in [0, 0.05) is 17.1 Å². The maximum Gasteiger partial charge on any atom is 0.308 e. The first-order valence-electron chi connectivity index (χ1n) is 7.22. The highest BCUT2D eigenvalue weighted by molar-refractivity contribution is 7.09. The first-order chi connectivity index (χ1) is 9.58. The zero-order valence-electron chi connectivity index (χ0n) is 12.6. The molecule has 0 bridgehead atoms. The van der Waals surface area contributed by atoms with Crippen LogP contribution in [-0.4, -0.2) is 30.1 Å². The number of amides is 1. The van der Waals surface area contributed by atoms with Gasteiger partial charge in [0.05, 0.1) is 0 Å². The average molecular weight is 334 g/mol. The SMILES string of the molecule is Cc1sc(=O)n(CC(=O)NCCC2CCCNC2)c1C.Cl. The second-order valence-electron chi connectivity index (χ2n) is 5.45. The lowest BCUT2D eigenvalue weighted by atomic mass is 9.96. The van der Waals surface area contributed by atoms with Crippen molar-refractivity contribution in [1.82, 2.24) is 15.2 Å². The molecule has 0 spiro atoms. The number of nitrogens with zero attached hydrogens (tertiary/aromatic N) is 1. The van der Waals surface area contributed by atoms with Crippen LogP contribution in [0.3, 0.4) is 0 Å². The number of hydrogen-bond acceptors (Lipinski definition) is 4. The molecule has 1 unspecified atom stereocenters. The number of aromatic nitrogens is 1. The molecule has 1 aromatic heterocycles. The molecule has 0 radical (unpaired) electrons. The van der Waals surface area contributed by atoms with Crippen molar-refractivity contribution in [2.75, 3.05) is 19.6 Å². The van der Waals surface area contributed by atoms with Gasteiger partial charge in [-0.3, -0.25) is 14.2 Å². The van der Waals surface area contributed by atoms with Gasteiger partial charge in [0.25, 0.3) is 0 Å². The molecule has 120 valence electrons. The summed E-state index contributed by atoms with van der Waals surface area (Å²) >= 11 is 1.20. The molecule has 5 nitrogen and oxygen atoms in total. The number of hydrogen-bond donors (Lipinski definition) is 2. The fraction of sp³-hybridized carbons (Fsp3) is 0.714. The molecule has 1 aromatic rings. The van der Waals surface area contributed by atoms with E-state index in [1.165, 1.54) is 24.2 Å². The highest BCUT2D eigenvalue weighted by atomic mass is 35.5. The second kappa shape index (κ2) is 8.56. The van der Waals surface area contributed by atoms with Crippen LogP contribution in [0.15, 0.2) is 4.79 Å². The van der Waals surface area contributed by atoms with Crippen LogP contribution < -0.4 is 15.5 Å². The standard InChI is InChI=1S/C14H23N3O2S.ClH/c1-10-11(2)20-14(19)17(10)9-13(18)16-7-5-12-4-3-6-15-8-12;/h12,15H,3-9H2,1-2H3,(H,16,18);1H. The van der Waals surface area contributed by atoms with E-state index < -0.39 is 0 Å². The lowest BCUT2D eigenvalue weighted by Gasteiger charge is -2.22. The third-order valence-corrected chi connectivity index (χ3v) is 4.95. The third kappa shape index (κ3) is 5.13. The molecule has 1 saturated heterocycles. The smallest absolute Gasteiger partial charge is 0.308 e. The molecule has 2 N–H and O–H groups in total. The number of aryl methyl sites for hydroxylation is 1. The van der Waals surface area contributed by atoms with Gasteiger partial charge in [-0.25, -0.2) is 0 Å². The third-order valence-electron chi connectivity index (χ3n) is 3.95. The van der Waals surface area contributed by atoms with Crippen LogP contribution >= 0.6 is 23.7 Å². The summed E-state index contributed by atoms with van der Waals surface area (Å²) in [7, 11) is 0. The zero-order valence-corrected chi connectivity index (χ0v) is 14.2. The van der Waals surface area contributed by atoms with Crippen molar-refractivity contribution >= 4 is 29.7 Å². The van der Waals surface area contributed by atoms with Gasteiger partial charge in [0.1, 0.15) is 6.54 Å². The Morgan fingerprint density at radius 3 is 2.81 bits per heavy atom. The Bertz CT molecular complexity index is 521. The van der Waals surface area contributed by atoms with E-state index in [9.17, 15) is 9.59 Å². The summed E-state index contributed by atoms with van der Waals surface area (Å²) in [6.07, 6.45) is 3.47. The zero-order chi connectivity index (χ0) is 14.5. The predicted molar refractivity (Wildman–Crippen MR) is 88.5 cm³/mol. The fourth-order valence-corrected chi connectivity index (χ4v) is 3.39. The Morgan fingerprint density at radius 2 is 2.24 bits per heavy atom. The van der Waals surface area contributed by atoms with Crippen LogP contribution in [-0.2, 0) is 11.3 Å². The number of halogens is 1. The molecular weight excluding hydrogens is 310 g/mol.